The molecule has 1 aliphatic carbocycles. The number of amidine groups is 1. The fourth-order valence-corrected chi connectivity index (χ4v) is 4.08. The minimum atomic E-state index is -0.678. The molecule has 31 heavy (non-hydrogen) atoms. The molecule has 1 aliphatic rings. The Morgan fingerprint density at radius 2 is 2.03 bits per heavy atom. The maximum atomic E-state index is 12.3. The van der Waals surface area contributed by atoms with Gasteiger partial charge in [-0.3, -0.25) is 21.1 Å². The molecule has 8 heteroatoms. The van der Waals surface area contributed by atoms with Crippen molar-refractivity contribution in [3.8, 4) is 0 Å². The highest BCUT2D eigenvalue weighted by Gasteiger charge is 2.47. The Bertz CT molecular complexity index is 959. The normalized spacial score (nSPS) is 18.7. The summed E-state index contributed by atoms with van der Waals surface area (Å²) in [4.78, 5) is 16.8. The Kier molecular flexibility index (Phi) is 8.47. The minimum absolute atomic E-state index is 0.0553. The van der Waals surface area contributed by atoms with E-state index in [0.717, 1.165) is 28.0 Å². The number of rotatable bonds is 10. The van der Waals surface area contributed by atoms with E-state index < -0.39 is 5.41 Å². The summed E-state index contributed by atoms with van der Waals surface area (Å²) in [5, 5.41) is 3.02. The van der Waals surface area contributed by atoms with E-state index in [2.05, 4.69) is 27.8 Å². The molecular weight excluding hydrogens is 390 g/mol. The highest BCUT2D eigenvalue weighted by Crippen LogP contribution is 2.50. The number of benzene rings is 1. The van der Waals surface area contributed by atoms with Crippen LogP contribution in [0, 0.1) is 0 Å². The van der Waals surface area contributed by atoms with E-state index in [1.807, 2.05) is 50.4 Å². The number of ketones is 1. The average Bonchev–Trinajstić information content (AvgIpc) is 3.04. The predicted molar refractivity (Wildman–Crippen MR) is 128 cm³/mol. The van der Waals surface area contributed by atoms with Crippen LogP contribution >= 0.6 is 0 Å². The van der Waals surface area contributed by atoms with Gasteiger partial charge in [-0.1, -0.05) is 36.9 Å². The van der Waals surface area contributed by atoms with Crippen molar-refractivity contribution in [2.24, 2.45) is 22.3 Å². The fraction of sp³-hybridized carbons (Fsp3) is 0.304. The molecular formula is C23H33N7O. The molecule has 0 fully saturated rings. The number of carbonyl (C=O) groups excluding carboxylic acids is 1. The first-order valence-corrected chi connectivity index (χ1v) is 10.1. The Hall–Kier alpha value is -3.04. The Labute approximate surface area is 184 Å². The van der Waals surface area contributed by atoms with Crippen LogP contribution in [-0.4, -0.2) is 38.8 Å². The van der Waals surface area contributed by atoms with Gasteiger partial charge in [-0.2, -0.15) is 5.53 Å². The van der Waals surface area contributed by atoms with Crippen LogP contribution in [0.4, 0.5) is 0 Å². The summed E-state index contributed by atoms with van der Waals surface area (Å²) in [7, 11) is 3.51. The molecule has 0 radical (unpaired) electrons. The summed E-state index contributed by atoms with van der Waals surface area (Å²) < 4.78 is 0. The Balaban J connectivity index is 2.95. The van der Waals surface area contributed by atoms with Gasteiger partial charge in [0.15, 0.2) is 5.78 Å². The number of hydrogen-bond acceptors (Lipinski definition) is 7. The first-order valence-electron chi connectivity index (χ1n) is 10.1. The van der Waals surface area contributed by atoms with E-state index in [0.29, 0.717) is 24.4 Å². The van der Waals surface area contributed by atoms with E-state index in [4.69, 9.17) is 17.3 Å². The Morgan fingerprint density at radius 3 is 2.58 bits per heavy atom. The molecule has 0 aromatic heterocycles. The monoisotopic (exact) mass is 423 g/mol. The third kappa shape index (κ3) is 4.52. The molecule has 1 aromatic carbocycles. The van der Waals surface area contributed by atoms with Crippen LogP contribution in [0.1, 0.15) is 34.8 Å². The Morgan fingerprint density at radius 1 is 1.29 bits per heavy atom. The topological polar surface area (TPSA) is 144 Å². The van der Waals surface area contributed by atoms with Gasteiger partial charge >= 0.3 is 0 Å². The number of hydrazine groups is 2. The van der Waals surface area contributed by atoms with Gasteiger partial charge in [-0.25, -0.2) is 0 Å². The largest absolute Gasteiger partial charge is 0.389 e. The molecule has 1 aromatic rings. The molecule has 0 saturated heterocycles. The summed E-state index contributed by atoms with van der Waals surface area (Å²) in [6.45, 7) is 6.29. The van der Waals surface area contributed by atoms with Crippen molar-refractivity contribution in [3.05, 3.63) is 77.0 Å². The highest BCUT2D eigenvalue weighted by atomic mass is 16.1. The number of hydrogen-bond donors (Lipinski definition) is 6. The van der Waals surface area contributed by atoms with Crippen LogP contribution in [0.3, 0.4) is 0 Å². The van der Waals surface area contributed by atoms with E-state index in [1.54, 1.807) is 13.1 Å². The van der Waals surface area contributed by atoms with Crippen LogP contribution in [-0.2, 0) is 5.41 Å². The standard InChI is InChI=1S/C23H33N7O/c1-5-6-19-17(9-7-15(2)27-3)18-13-16(21(31)14-25)8-10-20(18)23(19,11-12-24)22(28-4)29-30-26/h5-10,13,27,30H,2,11-12,14,24-26H2,1,3-4H3,(H,28,29)/b6-5-,9-7+. The zero-order valence-electron chi connectivity index (χ0n) is 18.5. The molecule has 0 bridgehead atoms. The van der Waals surface area contributed by atoms with E-state index >= 15 is 0 Å². The summed E-state index contributed by atoms with van der Waals surface area (Å²) in [5.41, 5.74) is 21.7. The smallest absolute Gasteiger partial charge is 0.176 e. The minimum Gasteiger partial charge on any atom is -0.389 e. The molecule has 1 unspecified atom stereocenters. The van der Waals surface area contributed by atoms with Gasteiger partial charge in [0.2, 0.25) is 0 Å². The maximum absolute atomic E-state index is 12.3. The molecule has 0 saturated carbocycles. The number of allylic oxidation sites excluding steroid dienone is 5. The van der Waals surface area contributed by atoms with Crippen LogP contribution in [0.2, 0.25) is 0 Å². The van der Waals surface area contributed by atoms with Crippen molar-refractivity contribution in [1.82, 2.24) is 16.3 Å². The van der Waals surface area contributed by atoms with E-state index in [9.17, 15) is 4.79 Å². The predicted octanol–water partition coefficient (Wildman–Crippen LogP) is 1.04. The number of likely N-dealkylation sites (N-methyl/N-ethyl adjacent to an activating group) is 1. The van der Waals surface area contributed by atoms with Crippen molar-refractivity contribution in [1.29, 1.82) is 0 Å². The highest BCUT2D eigenvalue weighted by molar-refractivity contribution is 6.07. The van der Waals surface area contributed by atoms with Gasteiger partial charge in [-0.05, 0) is 54.3 Å². The third-order valence-corrected chi connectivity index (χ3v) is 5.47. The average molecular weight is 424 g/mol. The first-order chi connectivity index (χ1) is 14.9. The maximum Gasteiger partial charge on any atom is 0.176 e. The number of nitrogens with two attached hydrogens (primary N) is 3. The number of Topliss-reactive ketones (excluding diaryl/α,β-unsaturated/α-hetero) is 1. The van der Waals surface area contributed by atoms with Gasteiger partial charge in [-0.15, -0.1) is 0 Å². The van der Waals surface area contributed by atoms with Crippen molar-refractivity contribution in [2.75, 3.05) is 27.2 Å². The van der Waals surface area contributed by atoms with Crippen LogP contribution in [0.25, 0.3) is 5.57 Å². The van der Waals surface area contributed by atoms with Gasteiger partial charge < -0.3 is 16.8 Å². The van der Waals surface area contributed by atoms with Crippen molar-refractivity contribution >= 4 is 17.2 Å². The third-order valence-electron chi connectivity index (χ3n) is 5.47. The molecule has 2 rings (SSSR count). The molecule has 0 amide bonds. The van der Waals surface area contributed by atoms with Gasteiger partial charge in [0.1, 0.15) is 5.84 Å². The molecule has 8 nitrogen and oxygen atoms in total. The fourth-order valence-electron chi connectivity index (χ4n) is 4.08. The lowest BCUT2D eigenvalue weighted by atomic mass is 9.72. The second-order valence-electron chi connectivity index (χ2n) is 7.11. The summed E-state index contributed by atoms with van der Waals surface area (Å²) >= 11 is 0. The van der Waals surface area contributed by atoms with Crippen molar-refractivity contribution in [3.63, 3.8) is 0 Å². The lowest BCUT2D eigenvalue weighted by Crippen LogP contribution is -2.53. The van der Waals surface area contributed by atoms with Crippen molar-refractivity contribution < 1.29 is 4.79 Å². The molecule has 1 atom stereocenters. The van der Waals surface area contributed by atoms with Crippen LogP contribution in [0.15, 0.2) is 65.3 Å². The number of nitrogens with zero attached hydrogens (tertiary/aromatic N) is 1. The lowest BCUT2D eigenvalue weighted by Gasteiger charge is -2.34. The summed E-state index contributed by atoms with van der Waals surface area (Å²) in [6, 6.07) is 5.64. The molecule has 9 N–H and O–H groups in total. The van der Waals surface area contributed by atoms with Crippen LogP contribution < -0.4 is 33.6 Å². The molecule has 0 spiro atoms. The van der Waals surface area contributed by atoms with Crippen molar-refractivity contribution in [2.45, 2.75) is 18.8 Å². The van der Waals surface area contributed by atoms with E-state index in [1.165, 1.54) is 0 Å². The first kappa shape index (κ1) is 24.2. The number of aliphatic imine (C=N–C) groups is 1. The second kappa shape index (κ2) is 10.8. The van der Waals surface area contributed by atoms with Gasteiger partial charge in [0, 0.05) is 25.4 Å². The van der Waals surface area contributed by atoms with Gasteiger partial charge in [0.05, 0.1) is 12.0 Å². The van der Waals surface area contributed by atoms with Gasteiger partial charge in [0.25, 0.3) is 0 Å². The van der Waals surface area contributed by atoms with Crippen LogP contribution in [0.5, 0.6) is 0 Å². The lowest BCUT2D eigenvalue weighted by molar-refractivity contribution is 0.100. The number of carbonyl (C=O) groups is 1. The zero-order valence-corrected chi connectivity index (χ0v) is 18.5. The molecule has 0 aliphatic heterocycles. The quantitative estimate of drug-likeness (QED) is 0.0824. The molecule has 166 valence electrons. The zero-order chi connectivity index (χ0) is 23.0. The summed E-state index contributed by atoms with van der Waals surface area (Å²) in [6.07, 6.45) is 8.49. The number of nitrogens with one attached hydrogen (secondary N) is 3. The molecule has 0 heterocycles. The SMILES string of the molecule is C=C(/C=C/C1=C(/C=C\C)C(CCN)(C(=NC)NNN)c2ccc(C(=O)CN)cc21)NC. The number of fused-ring (bicyclic) bond motifs is 1. The summed E-state index contributed by atoms with van der Waals surface area (Å²) in [5.74, 6) is 6.10. The second-order valence-corrected chi connectivity index (χ2v) is 7.11. The van der Waals surface area contributed by atoms with E-state index in [-0.39, 0.29) is 12.3 Å².